The van der Waals surface area contributed by atoms with Gasteiger partial charge in [0.25, 0.3) is 0 Å². The topological polar surface area (TPSA) is 54.9 Å². The Balaban J connectivity index is 0.000000543. The number of halogens is 8. The third-order valence-corrected chi connectivity index (χ3v) is 8.98. The number of aromatic carboxylic acids is 1. The van der Waals surface area contributed by atoms with Gasteiger partial charge in [0.1, 0.15) is 41.7 Å². The summed E-state index contributed by atoms with van der Waals surface area (Å²) in [7, 11) is 0. The van der Waals surface area contributed by atoms with Crippen molar-refractivity contribution in [1.29, 1.82) is 0 Å². The van der Waals surface area contributed by atoms with Crippen LogP contribution in [0.1, 0.15) is 131 Å². The minimum Gasteiger partial charge on any atom is -1.00 e. The molecule has 0 fully saturated rings. The van der Waals surface area contributed by atoms with Crippen LogP contribution >= 0.6 is 0 Å². The molecule has 1 N–H and O–H groups in total. The van der Waals surface area contributed by atoms with Crippen LogP contribution in [0.4, 0.5) is 26.3 Å². The molecule has 0 aliphatic rings. The first kappa shape index (κ1) is 48.9. The van der Waals surface area contributed by atoms with Gasteiger partial charge in [0.05, 0.1) is 24.2 Å². The Kier molecular flexibility index (Phi) is 22.1. The Morgan fingerprint density at radius 2 is 1.11 bits per heavy atom. The first-order valence-corrected chi connectivity index (χ1v) is 18.6. The lowest BCUT2D eigenvalue weighted by Crippen LogP contribution is -3.00. The van der Waals surface area contributed by atoms with Crippen LogP contribution in [0.5, 0.6) is 0 Å². The summed E-state index contributed by atoms with van der Waals surface area (Å²) in [6.07, 6.45) is 18.7. The SMILES string of the molecule is CCCCCCCCCCCCCC[n+]1ccn(-c2ccc(CC)cc2C(=O)O)c1.CCC[n+]1ccn(-c2cc(C(F)(F)F)cc(C(F)(F)F)c2)c1.[Br-].[Br-]. The van der Waals surface area contributed by atoms with Gasteiger partial charge in [0, 0.05) is 0 Å². The molecule has 0 amide bonds. The fraction of sp³-hybridized carbons (Fsp3) is 0.525. The molecular formula is C40H54Br2F6N4O2. The quantitative estimate of drug-likeness (QED) is 0.0825. The average molecular weight is 897 g/mol. The van der Waals surface area contributed by atoms with Gasteiger partial charge >= 0.3 is 18.3 Å². The number of aryl methyl sites for hydroxylation is 3. The fourth-order valence-electron chi connectivity index (χ4n) is 6.03. The fourth-order valence-corrected chi connectivity index (χ4v) is 6.03. The molecule has 54 heavy (non-hydrogen) atoms. The van der Waals surface area contributed by atoms with Crippen molar-refractivity contribution < 1.29 is 79.3 Å². The van der Waals surface area contributed by atoms with Crippen molar-refractivity contribution in [2.24, 2.45) is 0 Å². The van der Waals surface area contributed by atoms with E-state index in [-0.39, 0.29) is 45.7 Å². The monoisotopic (exact) mass is 894 g/mol. The second-order valence-corrected chi connectivity index (χ2v) is 13.3. The van der Waals surface area contributed by atoms with E-state index in [0.717, 1.165) is 30.6 Å². The van der Waals surface area contributed by atoms with Gasteiger partial charge < -0.3 is 39.1 Å². The standard InChI is InChI=1S/C26H40N2O2.C14H13F6N2.2BrH/c1-3-5-6-7-8-9-10-11-12-13-14-15-18-27-19-20-28(22-27)25-17-16-23(4-2)21-24(25)26(29)30;1-2-3-21-4-5-22(9-21)12-7-10(13(15,16)17)6-11(8-12)14(18,19)20;;/h16-17,19-22H,3-15,18H2,1-2H3;4-9H,2-3H2,1H3;2*1H/q;+1;;/p-1. The number of alkyl halides is 6. The van der Waals surface area contributed by atoms with Crippen LogP contribution in [-0.2, 0) is 31.9 Å². The molecule has 6 nitrogen and oxygen atoms in total. The highest BCUT2D eigenvalue weighted by atomic mass is 79.9. The molecule has 0 bridgehead atoms. The predicted molar refractivity (Wildman–Crippen MR) is 190 cm³/mol. The molecule has 0 saturated heterocycles. The number of carbonyl (C=O) groups is 1. The summed E-state index contributed by atoms with van der Waals surface area (Å²) in [6, 6.07) is 7.23. The number of carboxylic acids is 1. The van der Waals surface area contributed by atoms with Crippen LogP contribution < -0.4 is 43.1 Å². The average Bonchev–Trinajstić information content (AvgIpc) is 3.78. The number of hydrogen-bond acceptors (Lipinski definition) is 1. The van der Waals surface area contributed by atoms with E-state index in [1.165, 1.54) is 94.1 Å². The lowest BCUT2D eigenvalue weighted by Gasteiger charge is -2.12. The molecule has 0 aliphatic heterocycles. The molecule has 302 valence electrons. The Morgan fingerprint density at radius 1 is 0.630 bits per heavy atom. The van der Waals surface area contributed by atoms with Gasteiger partial charge in [-0.05, 0) is 61.6 Å². The molecule has 0 radical (unpaired) electrons. The number of benzene rings is 2. The number of carboxylic acid groups (broad SMARTS) is 1. The highest BCUT2D eigenvalue weighted by molar-refractivity contribution is 5.92. The first-order valence-electron chi connectivity index (χ1n) is 18.6. The molecule has 14 heteroatoms. The molecule has 2 aromatic heterocycles. The molecule has 4 aromatic rings. The summed E-state index contributed by atoms with van der Waals surface area (Å²) in [5, 5.41) is 9.56. The Labute approximate surface area is 336 Å². The zero-order valence-corrected chi connectivity index (χ0v) is 34.6. The number of hydrogen-bond donors (Lipinski definition) is 1. The van der Waals surface area contributed by atoms with Crippen molar-refractivity contribution in [3.63, 3.8) is 0 Å². The van der Waals surface area contributed by atoms with Gasteiger partial charge in [-0.25, -0.2) is 23.1 Å². The summed E-state index contributed by atoms with van der Waals surface area (Å²) in [5.41, 5.74) is -0.693. The normalized spacial score (nSPS) is 11.4. The number of unbranched alkanes of at least 4 members (excludes halogenated alkanes) is 11. The van der Waals surface area contributed by atoms with Crippen molar-refractivity contribution in [2.75, 3.05) is 0 Å². The van der Waals surface area contributed by atoms with Crippen LogP contribution in [0.2, 0.25) is 0 Å². The molecular weight excluding hydrogens is 842 g/mol. The van der Waals surface area contributed by atoms with Crippen molar-refractivity contribution in [1.82, 2.24) is 9.13 Å². The van der Waals surface area contributed by atoms with E-state index in [9.17, 15) is 36.2 Å². The second-order valence-electron chi connectivity index (χ2n) is 13.3. The number of imidazole rings is 2. The zero-order valence-electron chi connectivity index (χ0n) is 31.4. The van der Waals surface area contributed by atoms with E-state index in [2.05, 4.69) is 11.5 Å². The summed E-state index contributed by atoms with van der Waals surface area (Å²) < 4.78 is 83.8. The van der Waals surface area contributed by atoms with E-state index < -0.39 is 29.4 Å². The molecule has 0 atom stereocenters. The third-order valence-electron chi connectivity index (χ3n) is 8.98. The van der Waals surface area contributed by atoms with Crippen LogP contribution in [-0.4, -0.2) is 20.2 Å². The van der Waals surface area contributed by atoms with Crippen LogP contribution in [0.15, 0.2) is 73.8 Å². The molecule has 4 rings (SSSR count). The Bertz CT molecular complexity index is 1640. The molecule has 0 saturated carbocycles. The molecule has 0 spiro atoms. The van der Waals surface area contributed by atoms with Gasteiger partial charge in [-0.2, -0.15) is 26.3 Å². The Morgan fingerprint density at radius 3 is 1.59 bits per heavy atom. The number of nitrogens with zero attached hydrogens (tertiary/aromatic N) is 4. The maximum Gasteiger partial charge on any atom is 0.416 e. The van der Waals surface area contributed by atoms with Gasteiger partial charge in [0.15, 0.2) is 0 Å². The largest absolute Gasteiger partial charge is 1.00 e. The summed E-state index contributed by atoms with van der Waals surface area (Å²) in [6.45, 7) is 7.83. The van der Waals surface area contributed by atoms with E-state index in [1.807, 2.05) is 49.3 Å². The first-order chi connectivity index (χ1) is 24.8. The molecule has 0 unspecified atom stereocenters. The maximum atomic E-state index is 12.8. The van der Waals surface area contributed by atoms with Gasteiger partial charge in [0.2, 0.25) is 12.7 Å². The highest BCUT2D eigenvalue weighted by Gasteiger charge is 2.37. The second kappa shape index (κ2) is 24.4. The smallest absolute Gasteiger partial charge is 0.416 e. The molecule has 2 heterocycles. The summed E-state index contributed by atoms with van der Waals surface area (Å²) >= 11 is 0. The molecule has 2 aromatic carbocycles. The lowest BCUT2D eigenvalue weighted by molar-refractivity contribution is -0.696. The summed E-state index contributed by atoms with van der Waals surface area (Å²) in [5.74, 6) is -0.874. The van der Waals surface area contributed by atoms with Crippen LogP contribution in [0.3, 0.4) is 0 Å². The Hall–Kier alpha value is -3.13. The molecule has 0 aliphatic carbocycles. The van der Waals surface area contributed by atoms with Crippen molar-refractivity contribution in [3.05, 3.63) is 96.1 Å². The van der Waals surface area contributed by atoms with E-state index in [4.69, 9.17) is 0 Å². The predicted octanol–water partition coefficient (Wildman–Crippen LogP) is 4.95. The van der Waals surface area contributed by atoms with Gasteiger partial charge in [-0.3, -0.25) is 0 Å². The van der Waals surface area contributed by atoms with Crippen molar-refractivity contribution in [3.8, 4) is 11.4 Å². The van der Waals surface area contributed by atoms with E-state index in [0.29, 0.717) is 24.2 Å². The number of aromatic nitrogens is 4. The highest BCUT2D eigenvalue weighted by Crippen LogP contribution is 2.37. The number of rotatable bonds is 19. The van der Waals surface area contributed by atoms with E-state index in [1.54, 1.807) is 16.8 Å². The summed E-state index contributed by atoms with van der Waals surface area (Å²) in [4.78, 5) is 11.6. The zero-order chi connectivity index (χ0) is 38.1. The third kappa shape index (κ3) is 16.3. The van der Waals surface area contributed by atoms with Crippen molar-refractivity contribution >= 4 is 5.97 Å². The maximum absolute atomic E-state index is 12.8. The van der Waals surface area contributed by atoms with Gasteiger partial charge in [-0.1, -0.05) is 91.0 Å². The minimum absolute atomic E-state index is 0. The van der Waals surface area contributed by atoms with E-state index >= 15 is 0 Å². The van der Waals surface area contributed by atoms with Gasteiger partial charge in [-0.15, -0.1) is 0 Å². The van der Waals surface area contributed by atoms with Crippen molar-refractivity contribution in [2.45, 2.75) is 136 Å². The minimum atomic E-state index is -4.84. The lowest BCUT2D eigenvalue weighted by atomic mass is 10.1. The van der Waals surface area contributed by atoms with Crippen LogP contribution in [0, 0.1) is 0 Å². The van der Waals surface area contributed by atoms with Crippen LogP contribution in [0.25, 0.3) is 11.4 Å².